The number of tetrazole rings is 1. The van der Waals surface area contributed by atoms with Crippen LogP contribution in [0.3, 0.4) is 0 Å². The van der Waals surface area contributed by atoms with Crippen LogP contribution in [0, 0.1) is 0 Å². The second-order valence-corrected chi connectivity index (χ2v) is 9.20. The molecule has 3 aromatic rings. The van der Waals surface area contributed by atoms with Gasteiger partial charge in [-0.25, -0.2) is 4.68 Å². The summed E-state index contributed by atoms with van der Waals surface area (Å²) >= 11 is 0. The highest BCUT2D eigenvalue weighted by Gasteiger charge is 2.35. The number of rotatable bonds is 7. The van der Waals surface area contributed by atoms with E-state index in [1.807, 2.05) is 16.8 Å². The predicted molar refractivity (Wildman–Crippen MR) is 126 cm³/mol. The molecular weight excluding hydrogens is 422 g/mol. The van der Waals surface area contributed by atoms with E-state index in [0.717, 1.165) is 38.0 Å². The smallest absolute Gasteiger partial charge is 0.253 e. The highest BCUT2D eigenvalue weighted by atomic mass is 16.5. The van der Waals surface area contributed by atoms with Gasteiger partial charge >= 0.3 is 0 Å². The summed E-state index contributed by atoms with van der Waals surface area (Å²) in [4.78, 5) is 21.0. The summed E-state index contributed by atoms with van der Waals surface area (Å²) in [5, 5.41) is 13.6. The Balaban J connectivity index is 1.90. The van der Waals surface area contributed by atoms with E-state index in [1.165, 1.54) is 0 Å². The van der Waals surface area contributed by atoms with Crippen LogP contribution >= 0.6 is 0 Å². The number of piperazine rings is 1. The molecule has 0 unspecified atom stereocenters. The van der Waals surface area contributed by atoms with Crippen molar-refractivity contribution in [2.45, 2.75) is 38.8 Å². The number of hydrogen-bond donors (Lipinski definition) is 1. The van der Waals surface area contributed by atoms with E-state index in [4.69, 9.17) is 9.47 Å². The maximum atomic E-state index is 13.4. The van der Waals surface area contributed by atoms with Crippen molar-refractivity contribution in [3.05, 3.63) is 39.9 Å². The third kappa shape index (κ3) is 4.32. The number of pyridine rings is 1. The summed E-state index contributed by atoms with van der Waals surface area (Å²) in [7, 11) is 5.29. The van der Waals surface area contributed by atoms with Crippen LogP contribution in [0.2, 0.25) is 0 Å². The molecule has 10 nitrogen and oxygen atoms in total. The molecule has 10 heteroatoms. The molecule has 1 atom stereocenters. The van der Waals surface area contributed by atoms with Crippen molar-refractivity contribution in [1.29, 1.82) is 0 Å². The fraction of sp³-hybridized carbons (Fsp3) is 0.565. The molecule has 0 bridgehead atoms. The number of fused-ring (bicyclic) bond motifs is 1. The normalized spacial score (nSPS) is 16.8. The molecule has 0 amide bonds. The Kier molecular flexibility index (Phi) is 6.40. The van der Waals surface area contributed by atoms with E-state index in [2.05, 4.69) is 58.1 Å². The van der Waals surface area contributed by atoms with Gasteiger partial charge in [-0.15, -0.1) is 5.10 Å². The molecular formula is C23H33N7O3. The Hall–Kier alpha value is -2.98. The number of ether oxygens (including phenoxy) is 2. The van der Waals surface area contributed by atoms with Crippen LogP contribution < -0.4 is 15.0 Å². The minimum Gasteiger partial charge on any atom is -0.493 e. The lowest BCUT2D eigenvalue weighted by Gasteiger charge is -2.38. The highest BCUT2D eigenvalue weighted by molar-refractivity contribution is 5.83. The number of methoxy groups -OCH3 is 2. The summed E-state index contributed by atoms with van der Waals surface area (Å²) in [6.45, 7) is 9.76. The van der Waals surface area contributed by atoms with Gasteiger partial charge < -0.3 is 19.4 Å². The standard InChI is InChI=1S/C23H33N7O3/c1-7-23(2,3)30-21(25-26-27-30)20(29-10-8-28(4)9-11-29)16-12-15-13-18(32-5)19(33-6)14-17(15)24-22(16)31/h12-14,20H,7-11H2,1-6H3,(H,24,31)/t20-/m1/s1. The van der Waals surface area contributed by atoms with Gasteiger partial charge in [-0.3, -0.25) is 9.69 Å². The van der Waals surface area contributed by atoms with Crippen molar-refractivity contribution in [1.82, 2.24) is 35.0 Å². The van der Waals surface area contributed by atoms with Crippen molar-refractivity contribution < 1.29 is 9.47 Å². The molecule has 3 heterocycles. The lowest BCUT2D eigenvalue weighted by molar-refractivity contribution is 0.117. The Morgan fingerprint density at radius 2 is 1.76 bits per heavy atom. The van der Waals surface area contributed by atoms with E-state index in [1.54, 1.807) is 20.3 Å². The quantitative estimate of drug-likeness (QED) is 0.577. The topological polar surface area (TPSA) is 101 Å². The van der Waals surface area contributed by atoms with Crippen molar-refractivity contribution in [3.8, 4) is 11.5 Å². The molecule has 178 valence electrons. The van der Waals surface area contributed by atoms with Crippen LogP contribution in [0.25, 0.3) is 10.9 Å². The maximum Gasteiger partial charge on any atom is 0.253 e. The van der Waals surface area contributed by atoms with Crippen molar-refractivity contribution in [2.75, 3.05) is 47.4 Å². The summed E-state index contributed by atoms with van der Waals surface area (Å²) in [6.07, 6.45) is 0.853. The fourth-order valence-corrected chi connectivity index (χ4v) is 4.28. The van der Waals surface area contributed by atoms with Crippen LogP contribution in [0.4, 0.5) is 0 Å². The van der Waals surface area contributed by atoms with Crippen molar-refractivity contribution in [2.24, 2.45) is 0 Å². The van der Waals surface area contributed by atoms with Gasteiger partial charge in [-0.05, 0) is 49.9 Å². The Morgan fingerprint density at radius 1 is 1.09 bits per heavy atom. The van der Waals surface area contributed by atoms with Gasteiger partial charge in [0.15, 0.2) is 17.3 Å². The zero-order chi connectivity index (χ0) is 23.8. The largest absolute Gasteiger partial charge is 0.493 e. The van der Waals surface area contributed by atoms with Gasteiger partial charge in [-0.2, -0.15) is 0 Å². The van der Waals surface area contributed by atoms with Crippen molar-refractivity contribution in [3.63, 3.8) is 0 Å². The number of aromatic amines is 1. The number of hydrogen-bond acceptors (Lipinski definition) is 8. The molecule has 0 radical (unpaired) electrons. The van der Waals surface area contributed by atoms with E-state index < -0.39 is 0 Å². The van der Waals surface area contributed by atoms with E-state index in [9.17, 15) is 4.79 Å². The number of nitrogens with one attached hydrogen (secondary N) is 1. The molecule has 2 aromatic heterocycles. The first-order valence-corrected chi connectivity index (χ1v) is 11.3. The SMILES string of the molecule is CCC(C)(C)n1nnnc1[C@@H](c1cc2cc(OC)c(OC)cc2[nH]c1=O)N1CCN(C)CC1. The molecule has 0 spiro atoms. The van der Waals surface area contributed by atoms with Crippen LogP contribution in [-0.2, 0) is 5.54 Å². The van der Waals surface area contributed by atoms with Gasteiger partial charge in [0.25, 0.3) is 5.56 Å². The molecule has 33 heavy (non-hydrogen) atoms. The zero-order valence-corrected chi connectivity index (χ0v) is 20.3. The molecule has 1 aliphatic rings. The highest BCUT2D eigenvalue weighted by Crippen LogP contribution is 2.34. The Morgan fingerprint density at radius 3 is 2.39 bits per heavy atom. The third-order valence-electron chi connectivity index (χ3n) is 6.75. The van der Waals surface area contributed by atoms with Gasteiger partial charge in [0.1, 0.15) is 6.04 Å². The van der Waals surface area contributed by atoms with Gasteiger partial charge in [0, 0.05) is 43.2 Å². The van der Waals surface area contributed by atoms with Crippen LogP contribution in [-0.4, -0.2) is 82.4 Å². The lowest BCUT2D eigenvalue weighted by Crippen LogP contribution is -2.48. The fourth-order valence-electron chi connectivity index (χ4n) is 4.28. The average molecular weight is 456 g/mol. The Labute approximate surface area is 193 Å². The number of H-pyrrole nitrogens is 1. The second-order valence-electron chi connectivity index (χ2n) is 9.20. The molecule has 4 rings (SSSR count). The second kappa shape index (κ2) is 9.11. The zero-order valence-electron chi connectivity index (χ0n) is 20.3. The predicted octanol–water partition coefficient (Wildman–Crippen LogP) is 2.01. The monoisotopic (exact) mass is 455 g/mol. The average Bonchev–Trinajstić information content (AvgIpc) is 3.30. The van der Waals surface area contributed by atoms with Crippen LogP contribution in [0.15, 0.2) is 23.0 Å². The molecule has 1 saturated heterocycles. The van der Waals surface area contributed by atoms with E-state index in [0.29, 0.717) is 28.4 Å². The van der Waals surface area contributed by atoms with Gasteiger partial charge in [-0.1, -0.05) is 6.92 Å². The van der Waals surface area contributed by atoms with Crippen LogP contribution in [0.1, 0.15) is 44.6 Å². The number of aromatic nitrogens is 5. The number of benzene rings is 1. The minimum absolute atomic E-state index is 0.164. The molecule has 0 saturated carbocycles. The summed E-state index contributed by atoms with van der Waals surface area (Å²) in [5.41, 5.74) is 0.848. The number of nitrogens with zero attached hydrogens (tertiary/aromatic N) is 6. The van der Waals surface area contributed by atoms with E-state index in [-0.39, 0.29) is 17.1 Å². The summed E-state index contributed by atoms with van der Waals surface area (Å²) in [5.74, 6) is 1.85. The maximum absolute atomic E-state index is 13.4. The van der Waals surface area contributed by atoms with E-state index >= 15 is 0 Å². The minimum atomic E-state index is -0.374. The van der Waals surface area contributed by atoms with Crippen molar-refractivity contribution >= 4 is 10.9 Å². The Bertz CT molecular complexity index is 1180. The first-order valence-electron chi connectivity index (χ1n) is 11.3. The molecule has 1 aromatic carbocycles. The van der Waals surface area contributed by atoms with Gasteiger partial charge in [0.2, 0.25) is 0 Å². The first kappa shape index (κ1) is 23.2. The first-order chi connectivity index (χ1) is 15.8. The molecule has 1 aliphatic heterocycles. The summed E-state index contributed by atoms with van der Waals surface area (Å²) < 4.78 is 12.8. The molecule has 0 aliphatic carbocycles. The van der Waals surface area contributed by atoms with Crippen LogP contribution in [0.5, 0.6) is 11.5 Å². The lowest BCUT2D eigenvalue weighted by atomic mass is 9.99. The molecule has 1 fully saturated rings. The third-order valence-corrected chi connectivity index (χ3v) is 6.75. The molecule has 1 N–H and O–H groups in total. The van der Waals surface area contributed by atoms with Gasteiger partial charge in [0.05, 0.1) is 25.3 Å². The summed E-state index contributed by atoms with van der Waals surface area (Å²) in [6, 6.07) is 5.22. The number of likely N-dealkylation sites (N-methyl/N-ethyl adjacent to an activating group) is 1.